The zero-order valence-electron chi connectivity index (χ0n) is 11.2. The largest absolute Gasteiger partial charge is 0.396 e. The molecule has 0 heterocycles. The fourth-order valence-corrected chi connectivity index (χ4v) is 1.95. The summed E-state index contributed by atoms with van der Waals surface area (Å²) in [6.07, 6.45) is 0.569. The number of aliphatic hydroxyl groups excluding tert-OH is 1. The molecule has 0 aliphatic heterocycles. The maximum absolute atomic E-state index is 13.7. The minimum atomic E-state index is -0.740. The maximum atomic E-state index is 13.7. The number of nitriles is 1. The van der Waals surface area contributed by atoms with Gasteiger partial charge in [0, 0.05) is 24.4 Å². The monoisotopic (exact) mass is 288 g/mol. The van der Waals surface area contributed by atoms with Crippen LogP contribution in [0.15, 0.2) is 36.4 Å². The van der Waals surface area contributed by atoms with Crippen molar-refractivity contribution in [1.82, 2.24) is 0 Å². The zero-order valence-corrected chi connectivity index (χ0v) is 11.2. The number of aliphatic hydroxyl groups is 1. The lowest BCUT2D eigenvalue weighted by atomic mass is 10.1. The molecule has 0 amide bonds. The van der Waals surface area contributed by atoms with E-state index in [-0.39, 0.29) is 24.3 Å². The van der Waals surface area contributed by atoms with Crippen LogP contribution in [0.25, 0.3) is 0 Å². The van der Waals surface area contributed by atoms with Crippen molar-refractivity contribution in [2.75, 3.05) is 11.9 Å². The lowest BCUT2D eigenvalue weighted by molar-refractivity contribution is 0.299. The number of nitrogens with one attached hydrogen (secondary N) is 1. The summed E-state index contributed by atoms with van der Waals surface area (Å²) in [5.41, 5.74) is 1.56. The molecule has 21 heavy (non-hydrogen) atoms. The van der Waals surface area contributed by atoms with Crippen LogP contribution in [0.3, 0.4) is 0 Å². The van der Waals surface area contributed by atoms with Gasteiger partial charge in [-0.25, -0.2) is 8.78 Å². The van der Waals surface area contributed by atoms with Gasteiger partial charge < -0.3 is 10.4 Å². The second-order valence-corrected chi connectivity index (χ2v) is 4.55. The molecule has 2 rings (SSSR count). The van der Waals surface area contributed by atoms with Gasteiger partial charge in [-0.1, -0.05) is 12.1 Å². The Bertz CT molecular complexity index is 640. The van der Waals surface area contributed by atoms with Gasteiger partial charge in [0.05, 0.1) is 11.6 Å². The molecule has 0 fully saturated rings. The van der Waals surface area contributed by atoms with Crippen LogP contribution >= 0.6 is 0 Å². The summed E-state index contributed by atoms with van der Waals surface area (Å²) in [6, 6.07) is 11.0. The highest BCUT2D eigenvalue weighted by Gasteiger charge is 2.11. The van der Waals surface area contributed by atoms with Crippen molar-refractivity contribution in [3.05, 3.63) is 64.7 Å². The van der Waals surface area contributed by atoms with Gasteiger partial charge in [-0.3, -0.25) is 0 Å². The second kappa shape index (κ2) is 6.82. The minimum Gasteiger partial charge on any atom is -0.396 e. The van der Waals surface area contributed by atoms with Crippen LogP contribution in [-0.2, 0) is 13.0 Å². The Hall–Kier alpha value is -2.45. The predicted octanol–water partition coefficient (Wildman–Crippen LogP) is 2.98. The van der Waals surface area contributed by atoms with E-state index in [0.29, 0.717) is 6.42 Å². The lowest BCUT2D eigenvalue weighted by Gasteiger charge is -2.09. The highest BCUT2D eigenvalue weighted by atomic mass is 19.1. The SMILES string of the molecule is N#Cc1cc(F)c(CNc2ccc(CCO)cc2)c(F)c1. The van der Waals surface area contributed by atoms with E-state index in [4.69, 9.17) is 10.4 Å². The summed E-state index contributed by atoms with van der Waals surface area (Å²) in [6.45, 7) is 0.0666. The molecule has 3 nitrogen and oxygen atoms in total. The molecule has 0 aliphatic carbocycles. The minimum absolute atomic E-state index is 0.0112. The van der Waals surface area contributed by atoms with E-state index < -0.39 is 11.6 Å². The van der Waals surface area contributed by atoms with E-state index >= 15 is 0 Å². The Morgan fingerprint density at radius 2 is 1.71 bits per heavy atom. The summed E-state index contributed by atoms with van der Waals surface area (Å²) >= 11 is 0. The number of nitrogens with zero attached hydrogens (tertiary/aromatic N) is 1. The van der Waals surface area contributed by atoms with Crippen LogP contribution in [-0.4, -0.2) is 11.7 Å². The number of benzene rings is 2. The van der Waals surface area contributed by atoms with Crippen molar-refractivity contribution < 1.29 is 13.9 Å². The number of rotatable bonds is 5. The first kappa shape index (κ1) is 14.9. The van der Waals surface area contributed by atoms with Gasteiger partial charge >= 0.3 is 0 Å². The van der Waals surface area contributed by atoms with Crippen LogP contribution in [0.4, 0.5) is 14.5 Å². The fraction of sp³-hybridized carbons (Fsp3) is 0.188. The molecule has 0 saturated heterocycles. The summed E-state index contributed by atoms with van der Waals surface area (Å²) < 4.78 is 27.4. The Morgan fingerprint density at radius 1 is 1.10 bits per heavy atom. The molecular formula is C16H14F2N2O. The first-order valence-electron chi connectivity index (χ1n) is 6.45. The van der Waals surface area contributed by atoms with E-state index in [2.05, 4.69) is 5.32 Å². The van der Waals surface area contributed by atoms with E-state index in [1.807, 2.05) is 12.1 Å². The molecule has 5 heteroatoms. The van der Waals surface area contributed by atoms with Gasteiger partial charge in [0.25, 0.3) is 0 Å². The van der Waals surface area contributed by atoms with Gasteiger partial charge in [0.1, 0.15) is 11.6 Å². The molecule has 0 atom stereocenters. The molecule has 0 unspecified atom stereocenters. The Morgan fingerprint density at radius 3 is 2.24 bits per heavy atom. The van der Waals surface area contributed by atoms with Crippen molar-refractivity contribution in [3.8, 4) is 6.07 Å². The maximum Gasteiger partial charge on any atom is 0.132 e. The second-order valence-electron chi connectivity index (χ2n) is 4.55. The highest BCUT2D eigenvalue weighted by Crippen LogP contribution is 2.17. The van der Waals surface area contributed by atoms with Crippen LogP contribution < -0.4 is 5.32 Å². The molecule has 0 bridgehead atoms. The number of hydrogen-bond donors (Lipinski definition) is 2. The van der Waals surface area contributed by atoms with Gasteiger partial charge in [0.15, 0.2) is 0 Å². The molecule has 0 saturated carbocycles. The molecule has 0 spiro atoms. The molecule has 2 aromatic carbocycles. The third-order valence-electron chi connectivity index (χ3n) is 3.09. The molecule has 2 aromatic rings. The third kappa shape index (κ3) is 3.77. The van der Waals surface area contributed by atoms with Crippen LogP contribution in [0.1, 0.15) is 16.7 Å². The summed E-state index contributed by atoms with van der Waals surface area (Å²) in [5, 5.41) is 20.4. The Labute approximate surface area is 121 Å². The van der Waals surface area contributed by atoms with Gasteiger partial charge in [-0.2, -0.15) is 5.26 Å². The van der Waals surface area contributed by atoms with Crippen molar-refractivity contribution in [2.24, 2.45) is 0 Å². The predicted molar refractivity (Wildman–Crippen MR) is 75.6 cm³/mol. The standard InChI is InChI=1S/C16H14F2N2O/c17-15-7-12(9-19)8-16(18)14(15)10-20-13-3-1-11(2-4-13)5-6-21/h1-4,7-8,20-21H,5-6,10H2. The average molecular weight is 288 g/mol. The smallest absolute Gasteiger partial charge is 0.132 e. The van der Waals surface area contributed by atoms with Crippen molar-refractivity contribution >= 4 is 5.69 Å². The fourth-order valence-electron chi connectivity index (χ4n) is 1.95. The van der Waals surface area contributed by atoms with Gasteiger partial charge in [0.2, 0.25) is 0 Å². The first-order chi connectivity index (χ1) is 10.1. The molecule has 0 radical (unpaired) electrons. The number of halogens is 2. The van der Waals surface area contributed by atoms with Crippen LogP contribution in [0, 0.1) is 23.0 Å². The van der Waals surface area contributed by atoms with Crippen molar-refractivity contribution in [2.45, 2.75) is 13.0 Å². The topological polar surface area (TPSA) is 56.0 Å². The average Bonchev–Trinajstić information content (AvgIpc) is 2.48. The van der Waals surface area contributed by atoms with Crippen LogP contribution in [0.5, 0.6) is 0 Å². The van der Waals surface area contributed by atoms with Crippen molar-refractivity contribution in [3.63, 3.8) is 0 Å². The summed E-state index contributed by atoms with van der Waals surface area (Å²) in [7, 11) is 0. The number of anilines is 1. The highest BCUT2D eigenvalue weighted by molar-refractivity contribution is 5.46. The molecule has 2 N–H and O–H groups in total. The Balaban J connectivity index is 2.08. The van der Waals surface area contributed by atoms with E-state index in [1.165, 1.54) is 0 Å². The molecule has 0 aliphatic rings. The van der Waals surface area contributed by atoms with E-state index in [9.17, 15) is 8.78 Å². The number of hydrogen-bond acceptors (Lipinski definition) is 3. The summed E-state index contributed by atoms with van der Waals surface area (Å²) in [4.78, 5) is 0. The van der Waals surface area contributed by atoms with Gasteiger partial charge in [-0.15, -0.1) is 0 Å². The first-order valence-corrected chi connectivity index (χ1v) is 6.45. The molecular weight excluding hydrogens is 274 g/mol. The quantitative estimate of drug-likeness (QED) is 0.889. The zero-order chi connectivity index (χ0) is 15.2. The van der Waals surface area contributed by atoms with Crippen molar-refractivity contribution in [1.29, 1.82) is 5.26 Å². The lowest BCUT2D eigenvalue weighted by Crippen LogP contribution is -2.05. The van der Waals surface area contributed by atoms with Crippen LogP contribution in [0.2, 0.25) is 0 Å². The van der Waals surface area contributed by atoms with E-state index in [0.717, 1.165) is 23.4 Å². The normalized spacial score (nSPS) is 10.2. The van der Waals surface area contributed by atoms with E-state index in [1.54, 1.807) is 18.2 Å². The third-order valence-corrected chi connectivity index (χ3v) is 3.09. The molecule has 0 aromatic heterocycles. The van der Waals surface area contributed by atoms with Gasteiger partial charge in [-0.05, 0) is 36.2 Å². The Kier molecular flexibility index (Phi) is 4.85. The molecule has 108 valence electrons. The summed E-state index contributed by atoms with van der Waals surface area (Å²) in [5.74, 6) is -1.48.